The third kappa shape index (κ3) is 3.95. The van der Waals surface area contributed by atoms with Gasteiger partial charge in [-0.15, -0.1) is 0 Å². The van der Waals surface area contributed by atoms with Crippen molar-refractivity contribution in [3.63, 3.8) is 0 Å². The Balaban J connectivity index is 1.73. The van der Waals surface area contributed by atoms with Crippen LogP contribution in [0.2, 0.25) is 5.02 Å². The molecule has 0 atom stereocenters. The van der Waals surface area contributed by atoms with Gasteiger partial charge in [-0.2, -0.15) is 12.7 Å². The normalized spacial score (nSPS) is 14.8. The van der Waals surface area contributed by atoms with Crippen molar-refractivity contribution in [3.05, 3.63) is 57.6 Å². The molecule has 0 aliphatic carbocycles. The van der Waals surface area contributed by atoms with Gasteiger partial charge < -0.3 is 9.30 Å². The van der Waals surface area contributed by atoms with Crippen molar-refractivity contribution in [1.82, 2.24) is 13.9 Å². The molecule has 2 heterocycles. The Kier molecular flexibility index (Phi) is 5.58. The Labute approximate surface area is 181 Å². The number of ether oxygens (including phenoxy) is 1. The highest BCUT2D eigenvalue weighted by Gasteiger charge is 2.27. The van der Waals surface area contributed by atoms with Crippen LogP contribution in [-0.4, -0.2) is 35.4 Å². The monoisotopic (exact) mass is 470 g/mol. The summed E-state index contributed by atoms with van der Waals surface area (Å²) in [4.78, 5) is 16.2. The first-order valence-corrected chi connectivity index (χ1v) is 11.1. The van der Waals surface area contributed by atoms with Crippen molar-refractivity contribution < 1.29 is 21.9 Å². The summed E-state index contributed by atoms with van der Waals surface area (Å²) in [5.41, 5.74) is -0.665. The molecule has 2 aromatic carbocycles. The van der Waals surface area contributed by atoms with Crippen LogP contribution in [0.4, 0.5) is 14.5 Å². The summed E-state index contributed by atoms with van der Waals surface area (Å²) in [6, 6.07) is 4.62. The molecule has 8 nitrogen and oxygen atoms in total. The lowest BCUT2D eigenvalue weighted by Crippen LogP contribution is -2.33. The maximum atomic E-state index is 15.0. The van der Waals surface area contributed by atoms with E-state index in [0.29, 0.717) is 13.1 Å². The summed E-state index contributed by atoms with van der Waals surface area (Å²) < 4.78 is 64.4. The number of fused-ring (bicyclic) bond motifs is 1. The van der Waals surface area contributed by atoms with Crippen molar-refractivity contribution >= 4 is 38.4 Å². The largest absolute Gasteiger partial charge is 0.450 e. The Morgan fingerprint density at radius 2 is 1.87 bits per heavy atom. The van der Waals surface area contributed by atoms with Gasteiger partial charge in [-0.05, 0) is 37.1 Å². The lowest BCUT2D eigenvalue weighted by Gasteiger charge is -2.19. The van der Waals surface area contributed by atoms with Gasteiger partial charge in [0, 0.05) is 20.1 Å². The summed E-state index contributed by atoms with van der Waals surface area (Å²) in [5.74, 6) is -3.02. The van der Waals surface area contributed by atoms with E-state index >= 15 is 0 Å². The standard InChI is InChI=1S/C19H17ClF2N4O4S/c1-25-10-23-12-6-7-14(17(22)15(12)19(25)27)30-18-11(21)4-5-13(16(18)20)24-31(28,29)26-8-2-3-9-26/h4-7,10,24H,2-3,8-9H2,1H3. The van der Waals surface area contributed by atoms with Gasteiger partial charge in [-0.3, -0.25) is 9.52 Å². The van der Waals surface area contributed by atoms with E-state index in [1.807, 2.05) is 0 Å². The maximum Gasteiger partial charge on any atom is 0.301 e. The zero-order valence-corrected chi connectivity index (χ0v) is 17.8. The van der Waals surface area contributed by atoms with E-state index in [0.717, 1.165) is 29.5 Å². The predicted molar refractivity (Wildman–Crippen MR) is 112 cm³/mol. The molecule has 31 heavy (non-hydrogen) atoms. The molecule has 0 amide bonds. The van der Waals surface area contributed by atoms with Gasteiger partial charge in [0.05, 0.1) is 17.5 Å². The van der Waals surface area contributed by atoms with E-state index in [1.54, 1.807) is 0 Å². The topological polar surface area (TPSA) is 93.5 Å². The van der Waals surface area contributed by atoms with Gasteiger partial charge in [0.2, 0.25) is 0 Å². The average Bonchev–Trinajstić information content (AvgIpc) is 3.27. The van der Waals surface area contributed by atoms with Crippen LogP contribution in [-0.2, 0) is 17.3 Å². The van der Waals surface area contributed by atoms with Gasteiger partial charge in [-0.25, -0.2) is 13.8 Å². The first-order chi connectivity index (χ1) is 14.7. The molecule has 0 bridgehead atoms. The third-order valence-corrected chi connectivity index (χ3v) is 6.79. The van der Waals surface area contributed by atoms with Crippen LogP contribution in [0, 0.1) is 11.6 Å². The molecule has 0 spiro atoms. The van der Waals surface area contributed by atoms with Gasteiger partial charge in [0.1, 0.15) is 10.4 Å². The molecule has 12 heteroatoms. The number of rotatable bonds is 5. The fraction of sp³-hybridized carbons (Fsp3) is 0.263. The lowest BCUT2D eigenvalue weighted by molar-refractivity contribution is 0.417. The molecule has 1 N–H and O–H groups in total. The molecule has 3 aromatic rings. The number of aromatic nitrogens is 2. The lowest BCUT2D eigenvalue weighted by atomic mass is 10.2. The van der Waals surface area contributed by atoms with Gasteiger partial charge in [0.25, 0.3) is 5.56 Å². The van der Waals surface area contributed by atoms with Crippen molar-refractivity contribution in [2.75, 3.05) is 17.8 Å². The van der Waals surface area contributed by atoms with Gasteiger partial charge in [0.15, 0.2) is 23.1 Å². The van der Waals surface area contributed by atoms with E-state index in [1.165, 1.54) is 29.8 Å². The molecule has 1 fully saturated rings. The number of hydrogen-bond donors (Lipinski definition) is 1. The van der Waals surface area contributed by atoms with E-state index in [2.05, 4.69) is 9.71 Å². The van der Waals surface area contributed by atoms with E-state index in [4.69, 9.17) is 16.3 Å². The minimum absolute atomic E-state index is 0.103. The molecule has 1 aliphatic heterocycles. The zero-order valence-electron chi connectivity index (χ0n) is 16.2. The van der Waals surface area contributed by atoms with Gasteiger partial charge in [-0.1, -0.05) is 11.6 Å². The van der Waals surface area contributed by atoms with Crippen LogP contribution in [0.25, 0.3) is 10.9 Å². The quantitative estimate of drug-likeness (QED) is 0.616. The highest BCUT2D eigenvalue weighted by Crippen LogP contribution is 2.39. The molecule has 1 aromatic heterocycles. The predicted octanol–water partition coefficient (Wildman–Crippen LogP) is 3.41. The molecular weight excluding hydrogens is 454 g/mol. The molecule has 4 rings (SSSR count). The van der Waals surface area contributed by atoms with Crippen LogP contribution in [0.5, 0.6) is 11.5 Å². The molecule has 1 aliphatic rings. The maximum absolute atomic E-state index is 15.0. The first-order valence-electron chi connectivity index (χ1n) is 9.26. The number of nitrogens with one attached hydrogen (secondary N) is 1. The smallest absolute Gasteiger partial charge is 0.301 e. The van der Waals surface area contributed by atoms with Crippen LogP contribution >= 0.6 is 11.6 Å². The van der Waals surface area contributed by atoms with Crippen LogP contribution < -0.4 is 15.0 Å². The van der Waals surface area contributed by atoms with Crippen molar-refractivity contribution in [2.45, 2.75) is 12.8 Å². The average molecular weight is 471 g/mol. The fourth-order valence-corrected chi connectivity index (χ4v) is 4.87. The summed E-state index contributed by atoms with van der Waals surface area (Å²) in [6.07, 6.45) is 2.72. The summed E-state index contributed by atoms with van der Waals surface area (Å²) in [6.45, 7) is 0.728. The van der Waals surface area contributed by atoms with Gasteiger partial charge >= 0.3 is 10.2 Å². The van der Waals surface area contributed by atoms with E-state index in [-0.39, 0.29) is 21.6 Å². The molecule has 0 saturated carbocycles. The Morgan fingerprint density at radius 1 is 1.16 bits per heavy atom. The number of nitrogens with zero attached hydrogens (tertiary/aromatic N) is 3. The second-order valence-electron chi connectivity index (χ2n) is 6.99. The van der Waals surface area contributed by atoms with Crippen molar-refractivity contribution in [1.29, 1.82) is 0 Å². The highest BCUT2D eigenvalue weighted by atomic mass is 35.5. The Hall–Kier alpha value is -2.76. The Morgan fingerprint density at radius 3 is 2.58 bits per heavy atom. The zero-order chi connectivity index (χ0) is 22.3. The third-order valence-electron chi connectivity index (χ3n) is 4.89. The molecular formula is C19H17ClF2N4O4S. The Bertz CT molecular complexity index is 1340. The number of anilines is 1. The van der Waals surface area contributed by atoms with Crippen LogP contribution in [0.3, 0.4) is 0 Å². The van der Waals surface area contributed by atoms with Crippen LogP contribution in [0.15, 0.2) is 35.4 Å². The molecule has 164 valence electrons. The minimum Gasteiger partial charge on any atom is -0.450 e. The number of hydrogen-bond acceptors (Lipinski definition) is 5. The fourth-order valence-electron chi connectivity index (χ4n) is 3.26. The van der Waals surface area contributed by atoms with E-state index < -0.39 is 38.9 Å². The summed E-state index contributed by atoms with van der Waals surface area (Å²) in [5, 5.41) is -0.716. The summed E-state index contributed by atoms with van der Waals surface area (Å²) >= 11 is 6.19. The second-order valence-corrected chi connectivity index (χ2v) is 9.03. The highest BCUT2D eigenvalue weighted by molar-refractivity contribution is 7.90. The molecule has 0 radical (unpaired) electrons. The minimum atomic E-state index is -3.89. The molecule has 1 saturated heterocycles. The molecule has 0 unspecified atom stereocenters. The number of halogens is 3. The van der Waals surface area contributed by atoms with Crippen molar-refractivity contribution in [3.8, 4) is 11.5 Å². The number of benzene rings is 2. The van der Waals surface area contributed by atoms with Crippen LogP contribution in [0.1, 0.15) is 12.8 Å². The second kappa shape index (κ2) is 8.06. The first kappa shape index (κ1) is 21.5. The van der Waals surface area contributed by atoms with Crippen molar-refractivity contribution in [2.24, 2.45) is 7.05 Å². The summed E-state index contributed by atoms with van der Waals surface area (Å²) in [7, 11) is -2.48. The van der Waals surface area contributed by atoms with E-state index in [9.17, 15) is 22.0 Å². The SMILES string of the molecule is Cn1cnc2ccc(Oc3c(F)ccc(NS(=O)(=O)N4CCCC4)c3Cl)c(F)c2c1=O. The number of aryl methyl sites for hydroxylation is 1.